The molecule has 9 heteroatoms. The first-order valence-corrected chi connectivity index (χ1v) is 8.19. The van der Waals surface area contributed by atoms with Crippen molar-refractivity contribution in [2.75, 3.05) is 24.2 Å². The van der Waals surface area contributed by atoms with Gasteiger partial charge >= 0.3 is 7.60 Å². The number of hydrogen-bond acceptors (Lipinski definition) is 8. The van der Waals surface area contributed by atoms with Gasteiger partial charge in [-0.3, -0.25) is 9.36 Å². The summed E-state index contributed by atoms with van der Waals surface area (Å²) >= 11 is 1.99. The summed E-state index contributed by atoms with van der Waals surface area (Å²) < 4.78 is 22.0. The Kier molecular flexibility index (Phi) is 9.25. The molecule has 0 rings (SSSR count). The highest BCUT2D eigenvalue weighted by Crippen LogP contribution is 2.54. The topological polar surface area (TPSA) is 88.8 Å². The Balaban J connectivity index is 4.33. The van der Waals surface area contributed by atoms with Crippen LogP contribution in [-0.2, 0) is 17.3 Å². The molecule has 0 heterocycles. The van der Waals surface area contributed by atoms with E-state index in [0.717, 1.165) is 24.1 Å². The Morgan fingerprint density at radius 2 is 1.81 bits per heavy atom. The van der Waals surface area contributed by atoms with E-state index in [4.69, 9.17) is 13.5 Å². The monoisotopic (exact) mass is 286 g/mol. The van der Waals surface area contributed by atoms with Gasteiger partial charge in [-0.1, -0.05) is 13.8 Å². The summed E-state index contributed by atoms with van der Waals surface area (Å²) in [5.41, 5.74) is 6.54. The Morgan fingerprint density at radius 3 is 2.19 bits per heavy atom. The summed E-state index contributed by atoms with van der Waals surface area (Å²) in [5, 5.41) is 2.93. The molecule has 0 amide bonds. The standard InChI is InChI=1S/C7H15N2O4PS2/c1-3-15-12-14(11,13-16-4-2)6-7(10)5-9-8/h8H,3-6H2,1-2H3. The van der Waals surface area contributed by atoms with E-state index in [1.54, 1.807) is 0 Å². The third kappa shape index (κ3) is 7.40. The van der Waals surface area contributed by atoms with Gasteiger partial charge in [-0.15, -0.1) is 0 Å². The van der Waals surface area contributed by atoms with Crippen LogP contribution < -0.4 is 0 Å². The van der Waals surface area contributed by atoms with Crippen LogP contribution in [0.15, 0.2) is 5.11 Å². The van der Waals surface area contributed by atoms with Crippen molar-refractivity contribution in [2.45, 2.75) is 13.8 Å². The number of rotatable bonds is 10. The van der Waals surface area contributed by atoms with Crippen molar-refractivity contribution in [3.8, 4) is 0 Å². The lowest BCUT2D eigenvalue weighted by molar-refractivity contribution is -0.115. The van der Waals surface area contributed by atoms with E-state index in [2.05, 4.69) is 5.11 Å². The van der Waals surface area contributed by atoms with Gasteiger partial charge in [0.25, 0.3) is 0 Å². The lowest BCUT2D eigenvalue weighted by Gasteiger charge is -2.14. The largest absolute Gasteiger partial charge is 0.360 e. The zero-order chi connectivity index (χ0) is 12.4. The molecule has 0 aromatic carbocycles. The minimum atomic E-state index is -3.41. The summed E-state index contributed by atoms with van der Waals surface area (Å²) in [6, 6.07) is 0. The number of nitrogens with zero attached hydrogens (tertiary/aromatic N) is 1. The van der Waals surface area contributed by atoms with Gasteiger partial charge in [0.15, 0.2) is 5.78 Å². The second-order valence-corrected chi connectivity index (χ2v) is 6.94. The van der Waals surface area contributed by atoms with Crippen LogP contribution >= 0.6 is 31.7 Å². The number of ketones is 1. The molecule has 1 N–H and O–H groups in total. The molecule has 0 aliphatic carbocycles. The van der Waals surface area contributed by atoms with Gasteiger partial charge in [-0.25, -0.2) is 13.5 Å². The van der Waals surface area contributed by atoms with Crippen LogP contribution in [0, 0.1) is 5.53 Å². The molecule has 0 bridgehead atoms. The molecule has 0 aliphatic heterocycles. The van der Waals surface area contributed by atoms with Crippen molar-refractivity contribution in [3.63, 3.8) is 0 Å². The number of carbonyl (C=O) groups excluding carboxylic acids is 1. The molecule has 0 aromatic rings. The van der Waals surface area contributed by atoms with E-state index in [-0.39, 0.29) is 12.7 Å². The molecule has 0 fully saturated rings. The molecule has 0 radical (unpaired) electrons. The molecular formula is C7H15N2O4PS2. The van der Waals surface area contributed by atoms with Crippen LogP contribution in [0.4, 0.5) is 0 Å². The second-order valence-electron chi connectivity index (χ2n) is 2.59. The summed E-state index contributed by atoms with van der Waals surface area (Å²) in [4.78, 5) is 11.2. The van der Waals surface area contributed by atoms with Crippen molar-refractivity contribution in [2.24, 2.45) is 5.11 Å². The average molecular weight is 286 g/mol. The van der Waals surface area contributed by atoms with Crippen molar-refractivity contribution < 1.29 is 17.3 Å². The van der Waals surface area contributed by atoms with Crippen molar-refractivity contribution in [1.29, 1.82) is 5.53 Å². The molecule has 0 saturated heterocycles. The first kappa shape index (κ1) is 16.1. The van der Waals surface area contributed by atoms with E-state index < -0.39 is 13.4 Å². The van der Waals surface area contributed by atoms with Crippen LogP contribution in [-0.4, -0.2) is 30.0 Å². The Morgan fingerprint density at radius 1 is 1.31 bits per heavy atom. The van der Waals surface area contributed by atoms with Crippen LogP contribution in [0.1, 0.15) is 13.8 Å². The van der Waals surface area contributed by atoms with E-state index in [1.165, 1.54) is 0 Å². The minimum absolute atomic E-state index is 0.287. The third-order valence-corrected chi connectivity index (χ3v) is 5.07. The molecule has 6 nitrogen and oxygen atoms in total. The molecule has 0 saturated carbocycles. The molecule has 0 aromatic heterocycles. The minimum Gasteiger partial charge on any atom is -0.297 e. The first-order chi connectivity index (χ1) is 7.58. The lowest BCUT2D eigenvalue weighted by atomic mass is 10.5. The van der Waals surface area contributed by atoms with Gasteiger partial charge in [-0.05, 0) is 0 Å². The fraction of sp³-hybridized carbons (Fsp3) is 0.857. The summed E-state index contributed by atoms with van der Waals surface area (Å²) in [5.74, 6) is 0.800. The fourth-order valence-electron chi connectivity index (χ4n) is 0.685. The first-order valence-electron chi connectivity index (χ1n) is 4.64. The Bertz CT molecular complexity index is 265. The van der Waals surface area contributed by atoms with E-state index >= 15 is 0 Å². The van der Waals surface area contributed by atoms with E-state index in [0.29, 0.717) is 11.5 Å². The third-order valence-electron chi connectivity index (χ3n) is 1.19. The van der Waals surface area contributed by atoms with Gasteiger partial charge in [-0.2, -0.15) is 5.11 Å². The summed E-state index contributed by atoms with van der Waals surface area (Å²) in [6.07, 6.45) is -0.338. The number of carbonyl (C=O) groups is 1. The normalized spacial score (nSPS) is 11.4. The van der Waals surface area contributed by atoms with Crippen molar-refractivity contribution in [3.05, 3.63) is 0 Å². The summed E-state index contributed by atoms with van der Waals surface area (Å²) in [7, 11) is -3.41. The van der Waals surface area contributed by atoms with Gasteiger partial charge in [0, 0.05) is 35.6 Å². The molecule has 0 spiro atoms. The predicted octanol–water partition coefficient (Wildman–Crippen LogP) is 3.15. The molecule has 0 atom stereocenters. The van der Waals surface area contributed by atoms with Crippen LogP contribution in [0.25, 0.3) is 0 Å². The average Bonchev–Trinajstić information content (AvgIpc) is 2.24. The zero-order valence-electron chi connectivity index (χ0n) is 9.17. The molecular weight excluding hydrogens is 271 g/mol. The lowest BCUT2D eigenvalue weighted by Crippen LogP contribution is -2.09. The quantitative estimate of drug-likeness (QED) is 0.377. The highest BCUT2D eigenvalue weighted by molar-refractivity contribution is 8.01. The second kappa shape index (κ2) is 9.18. The molecule has 0 aliphatic rings. The number of nitrogens with one attached hydrogen (secondary N) is 1. The molecule has 0 unspecified atom stereocenters. The van der Waals surface area contributed by atoms with Crippen molar-refractivity contribution in [1.82, 2.24) is 0 Å². The van der Waals surface area contributed by atoms with Gasteiger partial charge in [0.05, 0.1) is 0 Å². The summed E-state index contributed by atoms with van der Waals surface area (Å²) in [6.45, 7) is 3.39. The zero-order valence-corrected chi connectivity index (χ0v) is 11.7. The van der Waals surface area contributed by atoms with Gasteiger partial charge < -0.3 is 0 Å². The maximum atomic E-state index is 12.0. The van der Waals surface area contributed by atoms with Gasteiger partial charge in [0.1, 0.15) is 12.7 Å². The predicted molar refractivity (Wildman–Crippen MR) is 65.9 cm³/mol. The van der Waals surface area contributed by atoms with Crippen LogP contribution in [0.2, 0.25) is 0 Å². The number of Topliss-reactive ketones (excluding diaryl/α,β-unsaturated/α-hetero) is 1. The Labute approximate surface area is 104 Å². The van der Waals surface area contributed by atoms with Crippen LogP contribution in [0.3, 0.4) is 0 Å². The molecule has 94 valence electrons. The maximum Gasteiger partial charge on any atom is 0.360 e. The fourth-order valence-corrected chi connectivity index (χ4v) is 4.09. The maximum absolute atomic E-state index is 12.0. The Hall–Kier alpha value is 0.120. The van der Waals surface area contributed by atoms with Crippen LogP contribution in [0.5, 0.6) is 0 Å². The van der Waals surface area contributed by atoms with Crippen molar-refractivity contribution >= 4 is 37.5 Å². The smallest absolute Gasteiger partial charge is 0.297 e. The van der Waals surface area contributed by atoms with E-state index in [9.17, 15) is 9.36 Å². The molecule has 16 heavy (non-hydrogen) atoms. The van der Waals surface area contributed by atoms with E-state index in [1.807, 2.05) is 13.8 Å². The number of hydrogen-bond donors (Lipinski definition) is 1. The SMILES string of the molecule is CCSOP(=O)(CC(=O)CN=N)OSCC. The van der Waals surface area contributed by atoms with Gasteiger partial charge in [0.2, 0.25) is 0 Å². The highest BCUT2D eigenvalue weighted by Gasteiger charge is 2.29. The highest BCUT2D eigenvalue weighted by atomic mass is 32.2.